The number of hydrogen-bond donors (Lipinski definition) is 0. The summed E-state index contributed by atoms with van der Waals surface area (Å²) in [6, 6.07) is 37.5. The number of hydroxylamine groups is 1. The average Bonchev–Trinajstić information content (AvgIpc) is 3.44. The molecular formula is C32H24N2O3. The van der Waals surface area contributed by atoms with Gasteiger partial charge in [-0.1, -0.05) is 97.1 Å². The second kappa shape index (κ2) is 8.57. The summed E-state index contributed by atoms with van der Waals surface area (Å²) < 4.78 is 0. The van der Waals surface area contributed by atoms with Gasteiger partial charge in [0, 0.05) is 0 Å². The van der Waals surface area contributed by atoms with Gasteiger partial charge in [0.15, 0.2) is 6.10 Å². The molecule has 2 heterocycles. The van der Waals surface area contributed by atoms with E-state index < -0.39 is 18.1 Å². The number of imide groups is 1. The molecule has 5 aromatic rings. The maximum Gasteiger partial charge on any atom is 0.262 e. The van der Waals surface area contributed by atoms with E-state index in [9.17, 15) is 9.59 Å². The van der Waals surface area contributed by atoms with E-state index in [2.05, 4.69) is 30.3 Å². The van der Waals surface area contributed by atoms with Gasteiger partial charge in [0.1, 0.15) is 5.92 Å². The Kier molecular flexibility index (Phi) is 5.05. The molecule has 3 atom stereocenters. The molecule has 5 aromatic carbocycles. The molecule has 5 heteroatoms. The summed E-state index contributed by atoms with van der Waals surface area (Å²) in [5.74, 6) is -1.14. The summed E-state index contributed by atoms with van der Waals surface area (Å²) in [7, 11) is 0. The van der Waals surface area contributed by atoms with E-state index in [4.69, 9.17) is 4.84 Å². The lowest BCUT2D eigenvalue weighted by molar-refractivity contribution is -0.143. The van der Waals surface area contributed by atoms with Crippen molar-refractivity contribution in [1.29, 1.82) is 0 Å². The lowest BCUT2D eigenvalue weighted by atomic mass is 9.84. The summed E-state index contributed by atoms with van der Waals surface area (Å²) >= 11 is 0. The van der Waals surface area contributed by atoms with Crippen molar-refractivity contribution in [2.24, 2.45) is 5.92 Å². The van der Waals surface area contributed by atoms with E-state index in [1.165, 1.54) is 4.90 Å². The summed E-state index contributed by atoms with van der Waals surface area (Å²) in [6.07, 6.45) is -0.876. The number of likely N-dealkylation sites (tertiary alicyclic amines) is 1. The quantitative estimate of drug-likeness (QED) is 0.231. The highest BCUT2D eigenvalue weighted by molar-refractivity contribution is 6.09. The van der Waals surface area contributed by atoms with Crippen LogP contribution in [0.1, 0.15) is 17.2 Å². The number of benzene rings is 5. The van der Waals surface area contributed by atoms with Crippen molar-refractivity contribution in [1.82, 2.24) is 4.90 Å². The molecule has 0 unspecified atom stereocenters. The summed E-state index contributed by atoms with van der Waals surface area (Å²) in [5, 5.41) is 6.08. The van der Waals surface area contributed by atoms with Crippen LogP contribution < -0.4 is 5.06 Å². The number of anilines is 1. The van der Waals surface area contributed by atoms with Crippen LogP contribution in [-0.4, -0.2) is 22.8 Å². The number of carbonyl (C=O) groups is 2. The average molecular weight is 485 g/mol. The molecule has 2 aliphatic rings. The van der Waals surface area contributed by atoms with E-state index in [1.807, 2.05) is 84.9 Å². The molecule has 0 radical (unpaired) electrons. The highest BCUT2D eigenvalue weighted by Crippen LogP contribution is 2.50. The molecule has 7 rings (SSSR count). The molecular weight excluding hydrogens is 460 g/mol. The molecule has 2 saturated heterocycles. The third-order valence-electron chi connectivity index (χ3n) is 7.51. The van der Waals surface area contributed by atoms with E-state index in [0.717, 1.165) is 38.4 Å². The van der Waals surface area contributed by atoms with Crippen LogP contribution in [0.25, 0.3) is 21.5 Å². The van der Waals surface area contributed by atoms with Gasteiger partial charge in [-0.15, -0.1) is 0 Å². The third kappa shape index (κ3) is 3.43. The second-order valence-electron chi connectivity index (χ2n) is 9.64. The lowest BCUT2D eigenvalue weighted by Gasteiger charge is -2.30. The fraction of sp³-hybridized carbons (Fsp3) is 0.125. The van der Waals surface area contributed by atoms with Crippen molar-refractivity contribution in [3.8, 4) is 0 Å². The van der Waals surface area contributed by atoms with Gasteiger partial charge < -0.3 is 0 Å². The summed E-state index contributed by atoms with van der Waals surface area (Å²) in [6.45, 7) is 0.239. The zero-order chi connectivity index (χ0) is 24.9. The highest BCUT2D eigenvalue weighted by Gasteiger charge is 2.60. The van der Waals surface area contributed by atoms with Gasteiger partial charge in [0.2, 0.25) is 5.91 Å². The molecule has 0 N–H and O–H groups in total. The van der Waals surface area contributed by atoms with E-state index in [0.29, 0.717) is 0 Å². The highest BCUT2D eigenvalue weighted by atomic mass is 16.7. The van der Waals surface area contributed by atoms with Crippen LogP contribution in [0.3, 0.4) is 0 Å². The van der Waals surface area contributed by atoms with Gasteiger partial charge in [-0.2, -0.15) is 0 Å². The fourth-order valence-electron chi connectivity index (χ4n) is 5.85. The minimum atomic E-state index is -0.876. The van der Waals surface area contributed by atoms with Crippen LogP contribution in [0, 0.1) is 5.92 Å². The maximum atomic E-state index is 14.0. The van der Waals surface area contributed by atoms with Crippen LogP contribution in [0.4, 0.5) is 5.69 Å². The first kappa shape index (κ1) is 21.8. The predicted molar refractivity (Wildman–Crippen MR) is 143 cm³/mol. The van der Waals surface area contributed by atoms with Crippen LogP contribution in [0.5, 0.6) is 0 Å². The van der Waals surface area contributed by atoms with Crippen molar-refractivity contribution in [2.45, 2.75) is 18.7 Å². The number of amides is 2. The van der Waals surface area contributed by atoms with Crippen molar-refractivity contribution in [3.63, 3.8) is 0 Å². The molecule has 0 saturated carbocycles. The SMILES string of the molecule is O=C1[C@H]2[C@@H](c3c4ccccc4cc4ccccc34)N(c3ccccc3)O[C@H]2C(=O)N1Cc1ccccc1. The molecule has 2 fully saturated rings. The molecule has 0 aromatic heterocycles. The largest absolute Gasteiger partial charge is 0.275 e. The van der Waals surface area contributed by atoms with Gasteiger partial charge in [-0.3, -0.25) is 19.3 Å². The minimum Gasteiger partial charge on any atom is -0.275 e. The van der Waals surface area contributed by atoms with Crippen molar-refractivity contribution in [2.75, 3.05) is 5.06 Å². The molecule has 5 nitrogen and oxygen atoms in total. The Morgan fingerprint density at radius 3 is 1.86 bits per heavy atom. The normalized spacial score (nSPS) is 21.2. The van der Waals surface area contributed by atoms with Gasteiger partial charge in [-0.25, -0.2) is 5.06 Å². The monoisotopic (exact) mass is 484 g/mol. The van der Waals surface area contributed by atoms with Crippen molar-refractivity contribution >= 4 is 39.0 Å². The van der Waals surface area contributed by atoms with E-state index >= 15 is 0 Å². The summed E-state index contributed by atoms with van der Waals surface area (Å²) in [5.41, 5.74) is 2.73. The maximum absolute atomic E-state index is 14.0. The van der Waals surface area contributed by atoms with Gasteiger partial charge >= 0.3 is 0 Å². The standard InChI is InChI=1S/C32H24N2O3/c35-31-28-29(27-25-17-9-7-13-22(25)19-23-14-8-10-18-26(23)27)34(24-15-5-2-6-16-24)37-30(28)32(36)33(31)20-21-11-3-1-4-12-21/h1-19,28-30H,20H2/t28-,29+,30+/m0/s1. The molecule has 2 amide bonds. The number of carbonyl (C=O) groups excluding carboxylic acids is 2. The van der Waals surface area contributed by atoms with Crippen LogP contribution in [0.2, 0.25) is 0 Å². The molecule has 180 valence electrons. The van der Waals surface area contributed by atoms with Gasteiger partial charge in [0.25, 0.3) is 5.91 Å². The molecule has 37 heavy (non-hydrogen) atoms. The molecule has 2 aliphatic heterocycles. The Balaban J connectivity index is 1.43. The Morgan fingerprint density at radius 2 is 1.22 bits per heavy atom. The molecule has 0 bridgehead atoms. The van der Waals surface area contributed by atoms with E-state index in [1.54, 1.807) is 5.06 Å². The van der Waals surface area contributed by atoms with Crippen LogP contribution in [0.15, 0.2) is 115 Å². The Hall–Kier alpha value is -4.48. The zero-order valence-electron chi connectivity index (χ0n) is 20.0. The zero-order valence-corrected chi connectivity index (χ0v) is 20.0. The number of nitrogens with zero attached hydrogens (tertiary/aromatic N) is 2. The number of fused-ring (bicyclic) bond motifs is 3. The predicted octanol–water partition coefficient (Wildman–Crippen LogP) is 6.04. The van der Waals surface area contributed by atoms with Crippen molar-refractivity contribution < 1.29 is 14.4 Å². The van der Waals surface area contributed by atoms with E-state index in [-0.39, 0.29) is 18.4 Å². The smallest absolute Gasteiger partial charge is 0.262 e. The van der Waals surface area contributed by atoms with Crippen LogP contribution >= 0.6 is 0 Å². The second-order valence-corrected chi connectivity index (χ2v) is 9.64. The Bertz CT molecular complexity index is 1600. The minimum absolute atomic E-state index is 0.195. The number of hydrogen-bond acceptors (Lipinski definition) is 4. The van der Waals surface area contributed by atoms with Crippen molar-refractivity contribution in [3.05, 3.63) is 126 Å². The fourth-order valence-corrected chi connectivity index (χ4v) is 5.85. The Labute approximate surface area is 214 Å². The molecule has 0 spiro atoms. The topological polar surface area (TPSA) is 49.9 Å². The lowest BCUT2D eigenvalue weighted by Crippen LogP contribution is -2.37. The number of para-hydroxylation sites is 1. The third-order valence-corrected chi connectivity index (χ3v) is 7.51. The van der Waals surface area contributed by atoms with Crippen LogP contribution in [-0.2, 0) is 21.0 Å². The Morgan fingerprint density at radius 1 is 0.649 bits per heavy atom. The number of rotatable bonds is 4. The summed E-state index contributed by atoms with van der Waals surface area (Å²) in [4.78, 5) is 35.4. The molecule has 0 aliphatic carbocycles. The first-order chi connectivity index (χ1) is 18.2. The van der Waals surface area contributed by atoms with Gasteiger partial charge in [-0.05, 0) is 50.9 Å². The first-order valence-electron chi connectivity index (χ1n) is 12.5. The van der Waals surface area contributed by atoms with Gasteiger partial charge in [0.05, 0.1) is 18.3 Å². The first-order valence-corrected chi connectivity index (χ1v) is 12.5.